The van der Waals surface area contributed by atoms with Crippen LogP contribution in [0.15, 0.2) is 124 Å². The van der Waals surface area contributed by atoms with E-state index in [9.17, 15) is 64.2 Å². The lowest BCUT2D eigenvalue weighted by molar-refractivity contribution is -0.145. The predicted molar refractivity (Wildman–Crippen MR) is 491 cm³/mol. The lowest BCUT2D eigenvalue weighted by Gasteiger charge is -2.35. The molecule has 0 fully saturated rings. The van der Waals surface area contributed by atoms with Gasteiger partial charge in [-0.1, -0.05) is 106 Å². The van der Waals surface area contributed by atoms with E-state index in [2.05, 4.69) is 55.4 Å². The summed E-state index contributed by atoms with van der Waals surface area (Å²) in [7, 11) is -5.80. The summed E-state index contributed by atoms with van der Waals surface area (Å²) in [6, 6.07) is 27.9. The maximum absolute atomic E-state index is 13.8. The molecule has 5 amide bonds. The first kappa shape index (κ1) is 107. The fourth-order valence-corrected chi connectivity index (χ4v) is 20.1. The van der Waals surface area contributed by atoms with Gasteiger partial charge in [0.15, 0.2) is 0 Å². The number of carboxylic acids is 2. The topological polar surface area (TPSA) is 434 Å². The van der Waals surface area contributed by atoms with Crippen LogP contribution >= 0.6 is 69.6 Å². The van der Waals surface area contributed by atoms with Crippen LogP contribution in [0.3, 0.4) is 0 Å². The zero-order valence-corrected chi connectivity index (χ0v) is 79.7. The number of ether oxygens (including phenoxy) is 9. The molecule has 0 saturated heterocycles. The number of hydrogen-bond donors (Lipinski definition) is 10. The summed E-state index contributed by atoms with van der Waals surface area (Å²) in [6.45, 7) is 5.93. The minimum absolute atomic E-state index is 0.00501. The van der Waals surface area contributed by atoms with E-state index in [4.69, 9.17) is 112 Å². The Bertz CT molecular complexity index is 4670. The standard InChI is InChI=1S/C87H115Cl6N11O23S3/c1-102-53-71(68-46-62(88)49-77(91)74(68)56-102)59-7-4-10-65(43-59)128(113,114)97-22-28-122-34-40-125-37-31-119-25-19-94-81(105)13-16-87(101-86(112)100-80(85(110)111)52-84(108)109,17-14-82(106)95-20-26-120-32-38-126-41-35-123-29-23-98-129(115,116)66-11-5-8-60(44-66)72-54-103(2)57-75-69(72)47-63(89)50-78(75)92)18-15-83(107)96-21-27-121-33-39-127-42-36-124-30-24-99-130(117,118)67-12-6-9-61(45-67)73-55-104(3)58-76-70(73)48-64(90)51-79(76)93/h4-12,43-51,71-73,80,97-99H,13-42,52-58H2,1-3H3,(H,94,105)(H,95,106)(H,96,107)(H,108,109)(H,110,111)(H2,100,101,112)/t71-,72-,73-,80-/m0/s1. The van der Waals surface area contributed by atoms with Gasteiger partial charge in [0.2, 0.25) is 47.8 Å². The second-order valence-corrected chi connectivity index (χ2v) is 39.3. The molecule has 3 heterocycles. The number of rotatable bonds is 59. The number of urea groups is 1. The number of nitrogens with zero attached hydrogens (tertiary/aromatic N) is 3. The van der Waals surface area contributed by atoms with E-state index in [-0.39, 0.29) is 229 Å². The molecule has 0 aliphatic carbocycles. The largest absolute Gasteiger partial charge is 0.481 e. The van der Waals surface area contributed by atoms with Crippen LogP contribution in [-0.2, 0) is 116 Å². The quantitative estimate of drug-likeness (QED) is 0.0160. The Morgan fingerprint density at radius 3 is 0.931 bits per heavy atom. The van der Waals surface area contributed by atoms with Gasteiger partial charge in [-0.05, 0) is 163 Å². The van der Waals surface area contributed by atoms with E-state index < -0.39 is 83.8 Å². The van der Waals surface area contributed by atoms with E-state index in [0.717, 1.165) is 50.1 Å². The lowest BCUT2D eigenvalue weighted by atomic mass is 9.83. The second-order valence-electron chi connectivity index (χ2n) is 31.5. The molecule has 9 rings (SSSR count). The molecular formula is C87H115Cl6N11O23S3. The molecule has 716 valence electrons. The van der Waals surface area contributed by atoms with Gasteiger partial charge in [-0.25, -0.2) is 49.0 Å². The Labute approximate surface area is 789 Å². The number of hydrogen-bond acceptors (Lipinski definition) is 24. The van der Waals surface area contributed by atoms with Gasteiger partial charge in [-0.2, -0.15) is 0 Å². The van der Waals surface area contributed by atoms with Crippen LogP contribution in [0.1, 0.15) is 113 Å². The number of likely N-dealkylation sites (N-methyl/N-ethyl adjacent to an activating group) is 3. The van der Waals surface area contributed by atoms with E-state index in [1.54, 1.807) is 54.6 Å². The molecule has 43 heteroatoms. The third-order valence-corrected chi connectivity index (χ3v) is 27.6. The SMILES string of the molecule is CN1Cc2c(Cl)cc(Cl)cc2[C@H](c2cccc(S(=O)(=O)NCCOCCOCCOCCNC(=O)CCC(CCC(=O)NCCOCCOCCOCCNS(=O)(=O)c3cccc([C@@H]4CN(C)Cc5c(Cl)cc(Cl)cc54)c3)(CCC(=O)NCCOCCOCCOCCNS(=O)(=O)c3cccc([C@@H]4CN(C)Cc5c(Cl)cc(Cl)cc54)c3)NC(=O)N[C@@H](CC(=O)O)C(=O)O)c2)C1. The molecule has 0 bridgehead atoms. The van der Waals surface area contributed by atoms with Crippen LogP contribution in [0.5, 0.6) is 0 Å². The first-order valence-electron chi connectivity index (χ1n) is 42.5. The monoisotopic (exact) mass is 1990 g/mol. The number of aliphatic carboxylic acids is 2. The van der Waals surface area contributed by atoms with Crippen LogP contribution < -0.4 is 40.8 Å². The van der Waals surface area contributed by atoms with Crippen LogP contribution in [0, 0.1) is 0 Å². The summed E-state index contributed by atoms with van der Waals surface area (Å²) in [5.41, 5.74) is 6.48. The van der Waals surface area contributed by atoms with Crippen molar-refractivity contribution in [1.29, 1.82) is 0 Å². The summed E-state index contributed by atoms with van der Waals surface area (Å²) in [5.74, 6) is -5.25. The first-order valence-corrected chi connectivity index (χ1v) is 49.2. The zero-order chi connectivity index (χ0) is 93.8. The number of amides is 5. The molecule has 3 aliphatic rings. The summed E-state index contributed by atoms with van der Waals surface area (Å²) >= 11 is 38.9. The van der Waals surface area contributed by atoms with Crippen LogP contribution in [0.4, 0.5) is 4.79 Å². The van der Waals surface area contributed by atoms with Crippen molar-refractivity contribution in [2.75, 3.05) is 199 Å². The molecule has 130 heavy (non-hydrogen) atoms. The van der Waals surface area contributed by atoms with E-state index in [1.165, 1.54) is 18.2 Å². The molecular weight excluding hydrogens is 1880 g/mol. The number of fused-ring (bicyclic) bond motifs is 3. The smallest absolute Gasteiger partial charge is 0.326 e. The number of carbonyl (C=O) groups is 6. The van der Waals surface area contributed by atoms with Gasteiger partial charge in [0.25, 0.3) is 0 Å². The molecule has 0 radical (unpaired) electrons. The molecule has 4 atom stereocenters. The van der Waals surface area contributed by atoms with Crippen LogP contribution in [0.2, 0.25) is 30.1 Å². The van der Waals surface area contributed by atoms with Gasteiger partial charge in [0, 0.05) is 151 Å². The molecule has 0 spiro atoms. The third kappa shape index (κ3) is 35.0. The number of halogens is 6. The molecule has 0 unspecified atom stereocenters. The number of nitrogens with one attached hydrogen (secondary N) is 8. The Kier molecular flexibility index (Phi) is 44.2. The summed E-state index contributed by atoms with van der Waals surface area (Å²) in [5, 5.41) is 35.6. The summed E-state index contributed by atoms with van der Waals surface area (Å²) in [6.07, 6.45) is -2.54. The molecule has 0 saturated carbocycles. The summed E-state index contributed by atoms with van der Waals surface area (Å²) < 4.78 is 139. The van der Waals surface area contributed by atoms with Gasteiger partial charge >= 0.3 is 18.0 Å². The molecule has 6 aromatic carbocycles. The van der Waals surface area contributed by atoms with Gasteiger partial charge in [0.05, 0.1) is 140 Å². The third-order valence-electron chi connectivity index (χ3n) is 21.6. The normalized spacial score (nSPS) is 15.9. The minimum Gasteiger partial charge on any atom is -0.481 e. The molecule has 6 aromatic rings. The highest BCUT2D eigenvalue weighted by Gasteiger charge is 2.37. The van der Waals surface area contributed by atoms with Gasteiger partial charge in [-0.3, -0.25) is 19.2 Å². The highest BCUT2D eigenvalue weighted by molar-refractivity contribution is 7.90. The van der Waals surface area contributed by atoms with E-state index >= 15 is 0 Å². The number of benzene rings is 6. The predicted octanol–water partition coefficient (Wildman–Crippen LogP) is 8.38. The number of sulfonamides is 3. The average Bonchev–Trinajstić information content (AvgIpc) is 0.780. The van der Waals surface area contributed by atoms with Gasteiger partial charge < -0.3 is 94.1 Å². The zero-order valence-electron chi connectivity index (χ0n) is 72.7. The van der Waals surface area contributed by atoms with Crippen molar-refractivity contribution < 1.29 is 107 Å². The molecule has 10 N–H and O–H groups in total. The van der Waals surface area contributed by atoms with Crippen molar-refractivity contribution in [2.24, 2.45) is 0 Å². The Morgan fingerprint density at radius 1 is 0.392 bits per heavy atom. The number of carboxylic acid groups (broad SMARTS) is 2. The summed E-state index contributed by atoms with van der Waals surface area (Å²) in [4.78, 5) is 85.1. The first-order chi connectivity index (χ1) is 62.2. The van der Waals surface area contributed by atoms with Crippen molar-refractivity contribution >= 4 is 135 Å². The molecule has 0 aromatic heterocycles. The van der Waals surface area contributed by atoms with Crippen LogP contribution in [-0.4, -0.2) is 296 Å². The van der Waals surface area contributed by atoms with Crippen molar-refractivity contribution in [3.63, 3.8) is 0 Å². The molecule has 34 nitrogen and oxygen atoms in total. The van der Waals surface area contributed by atoms with E-state index in [0.29, 0.717) is 69.4 Å². The Balaban J connectivity index is 0.686. The maximum atomic E-state index is 13.8. The Hall–Kier alpha value is -7.07. The Morgan fingerprint density at radius 2 is 0.662 bits per heavy atom. The van der Waals surface area contributed by atoms with Crippen molar-refractivity contribution in [3.05, 3.63) is 189 Å². The van der Waals surface area contributed by atoms with Gasteiger partial charge in [-0.15, -0.1) is 0 Å². The maximum Gasteiger partial charge on any atom is 0.326 e. The van der Waals surface area contributed by atoms with Crippen molar-refractivity contribution in [1.82, 2.24) is 55.4 Å². The van der Waals surface area contributed by atoms with E-state index in [1.807, 2.05) is 57.5 Å². The minimum atomic E-state index is -3.90. The van der Waals surface area contributed by atoms with Gasteiger partial charge in [0.1, 0.15) is 6.04 Å². The van der Waals surface area contributed by atoms with Crippen molar-refractivity contribution in [3.8, 4) is 0 Å². The average molecular weight is 1990 g/mol. The highest BCUT2D eigenvalue weighted by atomic mass is 35.5. The fraction of sp³-hybridized carbons (Fsp3) is 0.517. The lowest BCUT2D eigenvalue weighted by Crippen LogP contribution is -2.56. The van der Waals surface area contributed by atoms with Crippen molar-refractivity contribution in [2.45, 2.75) is 109 Å². The fourth-order valence-electron chi connectivity index (χ4n) is 15.2. The van der Waals surface area contributed by atoms with Crippen LogP contribution in [0.25, 0.3) is 0 Å². The number of carbonyl (C=O) groups excluding carboxylic acids is 4. The molecule has 3 aliphatic heterocycles. The highest BCUT2D eigenvalue weighted by Crippen LogP contribution is 2.43. The second kappa shape index (κ2) is 53.9.